The van der Waals surface area contributed by atoms with Crippen LogP contribution in [0.15, 0.2) is 12.5 Å². The Kier molecular flexibility index (Phi) is 4.11. The Balaban J connectivity index is 1.85. The van der Waals surface area contributed by atoms with Crippen molar-refractivity contribution in [2.24, 2.45) is 11.8 Å². The van der Waals surface area contributed by atoms with Crippen molar-refractivity contribution in [1.29, 1.82) is 0 Å². The fraction of sp³-hybridized carbons (Fsp3) is 0.667. The maximum absolute atomic E-state index is 12.6. The predicted octanol–water partition coefficient (Wildman–Crippen LogP) is 2.39. The van der Waals surface area contributed by atoms with Gasteiger partial charge >= 0.3 is 6.18 Å². The minimum atomic E-state index is -4.19. The van der Waals surface area contributed by atoms with Crippen LogP contribution in [0.4, 0.5) is 13.2 Å². The van der Waals surface area contributed by atoms with E-state index in [-0.39, 0.29) is 25.3 Å². The molecule has 19 heavy (non-hydrogen) atoms. The average Bonchev–Trinajstić information content (AvgIpc) is 2.88. The fourth-order valence-electron chi connectivity index (χ4n) is 2.43. The topological polar surface area (TPSA) is 57.8 Å². The highest BCUT2D eigenvalue weighted by Gasteiger charge is 2.43. The summed E-state index contributed by atoms with van der Waals surface area (Å²) in [7, 11) is 0. The SMILES string of the molecule is O=C(NCc1cnc[nH]1)C1CCCC(C(F)(F)F)C1. The van der Waals surface area contributed by atoms with E-state index in [1.165, 1.54) is 6.33 Å². The molecule has 2 unspecified atom stereocenters. The van der Waals surface area contributed by atoms with Crippen LogP contribution < -0.4 is 5.32 Å². The largest absolute Gasteiger partial charge is 0.391 e. The van der Waals surface area contributed by atoms with Gasteiger partial charge < -0.3 is 10.3 Å². The number of alkyl halides is 3. The Morgan fingerprint density at radius 3 is 2.89 bits per heavy atom. The zero-order valence-corrected chi connectivity index (χ0v) is 10.3. The molecule has 0 spiro atoms. The molecule has 1 aliphatic carbocycles. The minimum absolute atomic E-state index is 0.0989. The van der Waals surface area contributed by atoms with Crippen molar-refractivity contribution in [3.05, 3.63) is 18.2 Å². The van der Waals surface area contributed by atoms with Gasteiger partial charge in [0.15, 0.2) is 0 Å². The molecule has 0 radical (unpaired) electrons. The molecule has 2 atom stereocenters. The van der Waals surface area contributed by atoms with Gasteiger partial charge in [0.2, 0.25) is 5.91 Å². The van der Waals surface area contributed by atoms with Crippen LogP contribution in [0.25, 0.3) is 0 Å². The highest BCUT2D eigenvalue weighted by molar-refractivity contribution is 5.78. The molecule has 1 amide bonds. The molecular weight excluding hydrogens is 259 g/mol. The molecule has 2 rings (SSSR count). The Bertz CT molecular complexity index is 416. The van der Waals surface area contributed by atoms with Gasteiger partial charge in [0.25, 0.3) is 0 Å². The third-order valence-electron chi connectivity index (χ3n) is 3.52. The first kappa shape index (κ1) is 13.9. The molecule has 7 heteroatoms. The first-order valence-electron chi connectivity index (χ1n) is 6.28. The van der Waals surface area contributed by atoms with E-state index < -0.39 is 18.0 Å². The number of hydrogen-bond acceptors (Lipinski definition) is 2. The quantitative estimate of drug-likeness (QED) is 0.890. The highest BCUT2D eigenvalue weighted by Crippen LogP contribution is 2.39. The summed E-state index contributed by atoms with van der Waals surface area (Å²) in [6.45, 7) is 0.270. The maximum Gasteiger partial charge on any atom is 0.391 e. The molecule has 1 saturated carbocycles. The van der Waals surface area contributed by atoms with Gasteiger partial charge in [-0.3, -0.25) is 4.79 Å². The number of halogens is 3. The van der Waals surface area contributed by atoms with Gasteiger partial charge in [0.1, 0.15) is 0 Å². The normalized spacial score (nSPS) is 24.2. The molecule has 0 saturated heterocycles. The van der Waals surface area contributed by atoms with Gasteiger partial charge in [-0.25, -0.2) is 4.98 Å². The second-order valence-corrected chi connectivity index (χ2v) is 4.90. The van der Waals surface area contributed by atoms with E-state index in [4.69, 9.17) is 0 Å². The summed E-state index contributed by atoms with van der Waals surface area (Å²) in [6.07, 6.45) is -0.121. The lowest BCUT2D eigenvalue weighted by molar-refractivity contribution is -0.186. The summed E-state index contributed by atoms with van der Waals surface area (Å²) in [6, 6.07) is 0. The number of aromatic nitrogens is 2. The monoisotopic (exact) mass is 275 g/mol. The van der Waals surface area contributed by atoms with Crippen molar-refractivity contribution >= 4 is 5.91 Å². The van der Waals surface area contributed by atoms with Crippen LogP contribution in [0.1, 0.15) is 31.4 Å². The van der Waals surface area contributed by atoms with E-state index in [0.29, 0.717) is 12.8 Å². The maximum atomic E-state index is 12.6. The van der Waals surface area contributed by atoms with E-state index >= 15 is 0 Å². The summed E-state index contributed by atoms with van der Waals surface area (Å²) in [5.74, 6) is -2.18. The third kappa shape index (κ3) is 3.71. The molecule has 1 aromatic heterocycles. The molecule has 0 aromatic carbocycles. The summed E-state index contributed by atoms with van der Waals surface area (Å²) in [5.41, 5.74) is 0.733. The molecule has 1 aliphatic rings. The van der Waals surface area contributed by atoms with Crippen molar-refractivity contribution < 1.29 is 18.0 Å². The van der Waals surface area contributed by atoms with E-state index in [2.05, 4.69) is 15.3 Å². The van der Waals surface area contributed by atoms with Gasteiger partial charge in [-0.1, -0.05) is 6.42 Å². The van der Waals surface area contributed by atoms with E-state index in [1.807, 2.05) is 0 Å². The number of hydrogen-bond donors (Lipinski definition) is 2. The number of carbonyl (C=O) groups is 1. The molecule has 1 aromatic rings. The Hall–Kier alpha value is -1.53. The third-order valence-corrected chi connectivity index (χ3v) is 3.52. The van der Waals surface area contributed by atoms with Crippen LogP contribution in [0, 0.1) is 11.8 Å². The van der Waals surface area contributed by atoms with Crippen molar-refractivity contribution in [2.45, 2.75) is 38.4 Å². The lowest BCUT2D eigenvalue weighted by Gasteiger charge is -2.29. The van der Waals surface area contributed by atoms with Crippen LogP contribution in [-0.2, 0) is 11.3 Å². The Morgan fingerprint density at radius 2 is 2.26 bits per heavy atom. The minimum Gasteiger partial charge on any atom is -0.350 e. The molecule has 4 nitrogen and oxygen atoms in total. The van der Waals surface area contributed by atoms with Crippen LogP contribution in [0.2, 0.25) is 0 Å². The van der Waals surface area contributed by atoms with Crippen molar-refractivity contribution in [1.82, 2.24) is 15.3 Å². The van der Waals surface area contributed by atoms with Crippen LogP contribution in [-0.4, -0.2) is 22.1 Å². The van der Waals surface area contributed by atoms with Gasteiger partial charge in [-0.15, -0.1) is 0 Å². The second kappa shape index (κ2) is 5.63. The average molecular weight is 275 g/mol. The van der Waals surface area contributed by atoms with Gasteiger partial charge in [0, 0.05) is 12.1 Å². The number of aromatic amines is 1. The zero-order valence-electron chi connectivity index (χ0n) is 10.3. The lowest BCUT2D eigenvalue weighted by atomic mass is 9.80. The van der Waals surface area contributed by atoms with Gasteiger partial charge in [-0.05, 0) is 19.3 Å². The second-order valence-electron chi connectivity index (χ2n) is 4.90. The highest BCUT2D eigenvalue weighted by atomic mass is 19.4. The van der Waals surface area contributed by atoms with E-state index in [1.54, 1.807) is 6.20 Å². The molecule has 1 fully saturated rings. The Labute approximate surface area is 108 Å². The van der Waals surface area contributed by atoms with Crippen molar-refractivity contribution in [2.75, 3.05) is 0 Å². The fourth-order valence-corrected chi connectivity index (χ4v) is 2.43. The smallest absolute Gasteiger partial charge is 0.350 e. The van der Waals surface area contributed by atoms with Crippen LogP contribution in [0.5, 0.6) is 0 Å². The zero-order chi connectivity index (χ0) is 13.9. The summed E-state index contributed by atoms with van der Waals surface area (Å²) < 4.78 is 37.9. The number of amides is 1. The molecule has 0 aliphatic heterocycles. The van der Waals surface area contributed by atoms with E-state index in [9.17, 15) is 18.0 Å². The summed E-state index contributed by atoms with van der Waals surface area (Å²) in [4.78, 5) is 18.5. The van der Waals surface area contributed by atoms with Crippen molar-refractivity contribution in [3.63, 3.8) is 0 Å². The molecule has 0 bridgehead atoms. The van der Waals surface area contributed by atoms with Crippen LogP contribution >= 0.6 is 0 Å². The van der Waals surface area contributed by atoms with Gasteiger partial charge in [0.05, 0.1) is 24.5 Å². The van der Waals surface area contributed by atoms with Crippen LogP contribution in [0.3, 0.4) is 0 Å². The van der Waals surface area contributed by atoms with E-state index in [0.717, 1.165) is 5.69 Å². The molecule has 2 N–H and O–H groups in total. The first-order valence-corrected chi connectivity index (χ1v) is 6.28. The number of rotatable bonds is 3. The molecule has 106 valence electrons. The standard InChI is InChI=1S/C12H16F3N3O/c13-12(14,15)9-3-1-2-8(4-9)11(19)17-6-10-5-16-7-18-10/h5,7-9H,1-4,6H2,(H,16,18)(H,17,19). The number of H-pyrrole nitrogens is 1. The first-order chi connectivity index (χ1) is 8.97. The molecule has 1 heterocycles. The van der Waals surface area contributed by atoms with Crippen molar-refractivity contribution in [3.8, 4) is 0 Å². The summed E-state index contributed by atoms with van der Waals surface area (Å²) >= 11 is 0. The predicted molar refractivity (Wildman–Crippen MR) is 61.9 cm³/mol. The number of nitrogens with zero attached hydrogens (tertiary/aromatic N) is 1. The number of nitrogens with one attached hydrogen (secondary N) is 2. The lowest BCUT2D eigenvalue weighted by Crippen LogP contribution is -2.37. The summed E-state index contributed by atoms with van der Waals surface area (Å²) in [5, 5.41) is 2.65. The van der Waals surface area contributed by atoms with Gasteiger partial charge in [-0.2, -0.15) is 13.2 Å². The number of imidazole rings is 1. The Morgan fingerprint density at radius 1 is 1.47 bits per heavy atom. The molecular formula is C12H16F3N3O. The number of carbonyl (C=O) groups excluding carboxylic acids is 1.